The second kappa shape index (κ2) is 9.17. The highest BCUT2D eigenvalue weighted by atomic mass is 15.2. The molecule has 156 valence electrons. The zero-order valence-electron chi connectivity index (χ0n) is 18.3. The molecule has 1 spiro atoms. The van der Waals surface area contributed by atoms with Gasteiger partial charge >= 0.3 is 0 Å². The van der Waals surface area contributed by atoms with Gasteiger partial charge in [-0.2, -0.15) is 0 Å². The Balaban J connectivity index is 1.23. The molecule has 0 aromatic heterocycles. The molecule has 0 amide bonds. The van der Waals surface area contributed by atoms with Crippen LogP contribution in [0.25, 0.3) is 0 Å². The zero-order valence-corrected chi connectivity index (χ0v) is 18.3. The van der Waals surface area contributed by atoms with Crippen LogP contribution in [-0.4, -0.2) is 43.2 Å². The molecular formula is C25H41N3. The number of nitrogens with zero attached hydrogens (tertiary/aromatic N) is 2. The molecule has 0 radical (unpaired) electrons. The first-order valence-corrected chi connectivity index (χ1v) is 12.0. The van der Waals surface area contributed by atoms with Crippen molar-refractivity contribution in [1.29, 1.82) is 0 Å². The van der Waals surface area contributed by atoms with E-state index in [-0.39, 0.29) is 0 Å². The van der Waals surface area contributed by atoms with Crippen LogP contribution in [0.2, 0.25) is 0 Å². The van der Waals surface area contributed by atoms with Crippen LogP contribution in [0.5, 0.6) is 0 Å². The maximum absolute atomic E-state index is 3.64. The van der Waals surface area contributed by atoms with Gasteiger partial charge in [0.1, 0.15) is 0 Å². The number of anilines is 1. The fourth-order valence-corrected chi connectivity index (χ4v) is 5.51. The number of nitrogens with one attached hydrogen (secondary N) is 1. The summed E-state index contributed by atoms with van der Waals surface area (Å²) >= 11 is 0. The van der Waals surface area contributed by atoms with Crippen LogP contribution in [0.1, 0.15) is 77.2 Å². The smallest absolute Gasteiger partial charge is 0.0366 e. The normalized spacial score (nSPS) is 24.3. The maximum atomic E-state index is 3.64. The standard InChI is InChI=1S/C25H41N3/c1-3-5-21(2)26-20-22-8-10-24(11-9-22)28-18-14-25(15-19-28)12-16-27(17-13-25)23-6-4-7-23/h8-11,21,23,26H,3-7,12-20H2,1-2H3. The van der Waals surface area contributed by atoms with E-state index in [2.05, 4.69) is 53.2 Å². The van der Waals surface area contributed by atoms with E-state index in [1.165, 1.54) is 95.2 Å². The largest absolute Gasteiger partial charge is 0.371 e. The summed E-state index contributed by atoms with van der Waals surface area (Å²) in [6.07, 6.45) is 12.6. The third kappa shape index (κ3) is 4.74. The molecule has 3 nitrogen and oxygen atoms in total. The van der Waals surface area contributed by atoms with E-state index in [0.29, 0.717) is 11.5 Å². The molecule has 1 aromatic rings. The molecule has 1 aromatic carbocycles. The molecule has 2 heterocycles. The molecule has 4 rings (SSSR count). The Hall–Kier alpha value is -1.06. The molecule has 3 heteroatoms. The predicted octanol–water partition coefficient (Wildman–Crippen LogP) is 5.20. The number of piperidine rings is 2. The van der Waals surface area contributed by atoms with E-state index in [9.17, 15) is 0 Å². The molecule has 1 N–H and O–H groups in total. The molecular weight excluding hydrogens is 342 g/mol. The summed E-state index contributed by atoms with van der Waals surface area (Å²) in [6, 6.07) is 10.9. The Morgan fingerprint density at radius 1 is 1.00 bits per heavy atom. The first-order valence-electron chi connectivity index (χ1n) is 12.0. The van der Waals surface area contributed by atoms with E-state index in [0.717, 1.165) is 12.6 Å². The van der Waals surface area contributed by atoms with E-state index in [4.69, 9.17) is 0 Å². The summed E-state index contributed by atoms with van der Waals surface area (Å²) < 4.78 is 0. The zero-order chi connectivity index (χ0) is 19.4. The Labute approximate surface area is 172 Å². The van der Waals surface area contributed by atoms with E-state index < -0.39 is 0 Å². The number of likely N-dealkylation sites (tertiary alicyclic amines) is 1. The lowest BCUT2D eigenvalue weighted by molar-refractivity contribution is 0.0306. The lowest BCUT2D eigenvalue weighted by atomic mass is 9.70. The summed E-state index contributed by atoms with van der Waals surface area (Å²) in [4.78, 5) is 5.43. The molecule has 1 unspecified atom stereocenters. The topological polar surface area (TPSA) is 18.5 Å². The van der Waals surface area contributed by atoms with Gasteiger partial charge in [0.05, 0.1) is 0 Å². The maximum Gasteiger partial charge on any atom is 0.0366 e. The van der Waals surface area contributed by atoms with Crippen molar-refractivity contribution in [3.8, 4) is 0 Å². The van der Waals surface area contributed by atoms with Gasteiger partial charge in [-0.05, 0) is 88.1 Å². The monoisotopic (exact) mass is 383 g/mol. The molecule has 2 saturated heterocycles. The molecule has 2 aliphatic heterocycles. The molecule has 1 aliphatic carbocycles. The van der Waals surface area contributed by atoms with Crippen LogP contribution in [-0.2, 0) is 6.54 Å². The van der Waals surface area contributed by atoms with Crippen molar-refractivity contribution in [2.75, 3.05) is 31.1 Å². The molecule has 1 atom stereocenters. The average Bonchev–Trinajstić information content (AvgIpc) is 2.68. The van der Waals surface area contributed by atoms with Gasteiger partial charge in [0.25, 0.3) is 0 Å². The quantitative estimate of drug-likeness (QED) is 0.698. The number of benzene rings is 1. The average molecular weight is 384 g/mol. The molecule has 3 aliphatic rings. The van der Waals surface area contributed by atoms with Gasteiger partial charge in [0.15, 0.2) is 0 Å². The predicted molar refractivity (Wildman–Crippen MR) is 120 cm³/mol. The van der Waals surface area contributed by atoms with Crippen molar-refractivity contribution in [2.45, 2.75) is 90.3 Å². The Morgan fingerprint density at radius 2 is 1.64 bits per heavy atom. The van der Waals surface area contributed by atoms with Crippen molar-refractivity contribution in [3.63, 3.8) is 0 Å². The molecule has 1 saturated carbocycles. The Kier molecular flexibility index (Phi) is 6.62. The summed E-state index contributed by atoms with van der Waals surface area (Å²) in [5.41, 5.74) is 3.48. The summed E-state index contributed by atoms with van der Waals surface area (Å²) in [5.74, 6) is 0. The first-order chi connectivity index (χ1) is 13.7. The van der Waals surface area contributed by atoms with Gasteiger partial charge in [0, 0.05) is 37.4 Å². The Morgan fingerprint density at radius 3 is 2.21 bits per heavy atom. The lowest BCUT2D eigenvalue weighted by Crippen LogP contribution is -2.50. The van der Waals surface area contributed by atoms with Gasteiger partial charge in [0.2, 0.25) is 0 Å². The summed E-state index contributed by atoms with van der Waals surface area (Å²) in [6.45, 7) is 10.8. The third-order valence-corrected chi connectivity index (χ3v) is 7.95. The van der Waals surface area contributed by atoms with Crippen LogP contribution in [0, 0.1) is 5.41 Å². The lowest BCUT2D eigenvalue weighted by Gasteiger charge is -2.50. The van der Waals surface area contributed by atoms with Gasteiger partial charge in [-0.3, -0.25) is 0 Å². The minimum atomic E-state index is 0.610. The van der Waals surface area contributed by atoms with Crippen molar-refractivity contribution in [3.05, 3.63) is 29.8 Å². The SMILES string of the molecule is CCCC(C)NCc1ccc(N2CCC3(CC2)CCN(C2CCC2)CC3)cc1. The van der Waals surface area contributed by atoms with Gasteiger partial charge < -0.3 is 15.1 Å². The van der Waals surface area contributed by atoms with Crippen molar-refractivity contribution in [1.82, 2.24) is 10.2 Å². The molecule has 3 fully saturated rings. The Bertz CT molecular complexity index is 589. The van der Waals surface area contributed by atoms with E-state index in [1.807, 2.05) is 0 Å². The fraction of sp³-hybridized carbons (Fsp3) is 0.760. The number of rotatable bonds is 7. The van der Waals surface area contributed by atoms with Crippen LogP contribution in [0.3, 0.4) is 0 Å². The van der Waals surface area contributed by atoms with Crippen LogP contribution >= 0.6 is 0 Å². The minimum Gasteiger partial charge on any atom is -0.371 e. The summed E-state index contributed by atoms with van der Waals surface area (Å²) in [7, 11) is 0. The summed E-state index contributed by atoms with van der Waals surface area (Å²) in [5, 5.41) is 3.64. The van der Waals surface area contributed by atoms with E-state index >= 15 is 0 Å². The van der Waals surface area contributed by atoms with Crippen molar-refractivity contribution in [2.24, 2.45) is 5.41 Å². The van der Waals surface area contributed by atoms with Crippen LogP contribution in [0.15, 0.2) is 24.3 Å². The van der Waals surface area contributed by atoms with E-state index in [1.54, 1.807) is 0 Å². The highest BCUT2D eigenvalue weighted by Gasteiger charge is 2.39. The minimum absolute atomic E-state index is 0.610. The van der Waals surface area contributed by atoms with Gasteiger partial charge in [-0.15, -0.1) is 0 Å². The van der Waals surface area contributed by atoms with Crippen molar-refractivity contribution >= 4 is 5.69 Å². The fourth-order valence-electron chi connectivity index (χ4n) is 5.51. The second-order valence-electron chi connectivity index (χ2n) is 9.84. The van der Waals surface area contributed by atoms with Crippen molar-refractivity contribution < 1.29 is 0 Å². The van der Waals surface area contributed by atoms with Gasteiger partial charge in [-0.1, -0.05) is 31.9 Å². The number of hydrogen-bond donors (Lipinski definition) is 1. The van der Waals surface area contributed by atoms with Crippen LogP contribution < -0.4 is 10.2 Å². The molecule has 0 bridgehead atoms. The third-order valence-electron chi connectivity index (χ3n) is 7.95. The molecule has 28 heavy (non-hydrogen) atoms. The highest BCUT2D eigenvalue weighted by molar-refractivity contribution is 5.48. The first kappa shape index (κ1) is 20.2. The second-order valence-corrected chi connectivity index (χ2v) is 9.84. The van der Waals surface area contributed by atoms with Crippen LogP contribution in [0.4, 0.5) is 5.69 Å². The number of hydrogen-bond acceptors (Lipinski definition) is 3. The van der Waals surface area contributed by atoms with Gasteiger partial charge in [-0.25, -0.2) is 0 Å². The highest BCUT2D eigenvalue weighted by Crippen LogP contribution is 2.43.